The molecule has 0 radical (unpaired) electrons. The zero-order valence-electron chi connectivity index (χ0n) is 12.6. The van der Waals surface area contributed by atoms with Crippen molar-refractivity contribution < 1.29 is 19.3 Å². The molecule has 2 aliphatic rings. The summed E-state index contributed by atoms with van der Waals surface area (Å²) in [6.45, 7) is 5.04. The molecule has 0 saturated carbocycles. The largest absolute Gasteiger partial charge is 0.473 e. The predicted molar refractivity (Wildman–Crippen MR) is 81.1 cm³/mol. The Balaban J connectivity index is 1.46. The van der Waals surface area contributed by atoms with Gasteiger partial charge in [0.1, 0.15) is 18.9 Å². The fourth-order valence-corrected chi connectivity index (χ4v) is 3.16. The maximum Gasteiger partial charge on any atom is 0.245 e. The molecule has 3 heterocycles. The summed E-state index contributed by atoms with van der Waals surface area (Å²) < 4.78 is 24.0. The minimum absolute atomic E-state index is 0.239. The van der Waals surface area contributed by atoms with Crippen LogP contribution >= 0.6 is 11.7 Å². The first-order chi connectivity index (χ1) is 10.8. The highest BCUT2D eigenvalue weighted by Crippen LogP contribution is 2.20. The van der Waals surface area contributed by atoms with E-state index in [2.05, 4.69) is 13.6 Å². The minimum Gasteiger partial charge on any atom is -0.473 e. The molecule has 1 aromatic rings. The van der Waals surface area contributed by atoms with E-state index in [0.29, 0.717) is 24.4 Å². The van der Waals surface area contributed by atoms with Crippen LogP contribution in [0, 0.1) is 5.92 Å². The van der Waals surface area contributed by atoms with Crippen molar-refractivity contribution in [1.29, 1.82) is 0 Å². The van der Waals surface area contributed by atoms with Crippen LogP contribution < -0.4 is 4.74 Å². The molecule has 124 valence electrons. The second-order valence-corrected chi connectivity index (χ2v) is 6.47. The van der Waals surface area contributed by atoms with E-state index in [4.69, 9.17) is 14.2 Å². The highest BCUT2D eigenvalue weighted by atomic mass is 32.1. The fourth-order valence-electron chi connectivity index (χ4n) is 2.79. The Labute approximate surface area is 134 Å². The fraction of sp³-hybridized carbons (Fsp3) is 0.857. The number of aliphatic hydroxyl groups is 1. The van der Waals surface area contributed by atoms with Crippen molar-refractivity contribution in [3.8, 4) is 5.88 Å². The first-order valence-corrected chi connectivity index (χ1v) is 8.52. The van der Waals surface area contributed by atoms with Gasteiger partial charge in [0.2, 0.25) is 5.88 Å². The zero-order chi connectivity index (χ0) is 15.2. The number of hydrogen-bond acceptors (Lipinski definition) is 8. The van der Waals surface area contributed by atoms with Crippen molar-refractivity contribution >= 4 is 11.7 Å². The Morgan fingerprint density at radius 3 is 2.82 bits per heavy atom. The molecule has 2 aliphatic heterocycles. The van der Waals surface area contributed by atoms with Crippen molar-refractivity contribution in [2.24, 2.45) is 5.92 Å². The number of hydrogen-bond donors (Lipinski definition) is 1. The molecule has 0 aliphatic carbocycles. The molecule has 3 rings (SSSR count). The van der Waals surface area contributed by atoms with Crippen LogP contribution in [0.2, 0.25) is 0 Å². The Bertz CT molecular complexity index is 424. The topological polar surface area (TPSA) is 76.9 Å². The maximum atomic E-state index is 10.2. The summed E-state index contributed by atoms with van der Waals surface area (Å²) >= 11 is 1.10. The number of nitrogens with zero attached hydrogens (tertiary/aromatic N) is 3. The summed E-state index contributed by atoms with van der Waals surface area (Å²) in [6, 6.07) is 0.415. The van der Waals surface area contributed by atoms with Gasteiger partial charge in [-0.15, -0.1) is 4.37 Å². The van der Waals surface area contributed by atoms with Crippen molar-refractivity contribution in [3.05, 3.63) is 6.20 Å². The molecule has 2 saturated heterocycles. The third-order valence-electron chi connectivity index (χ3n) is 4.18. The molecule has 8 heteroatoms. The molecular formula is C14H23N3O4S. The Hall–Kier alpha value is -0.800. The number of rotatable bonds is 8. The maximum absolute atomic E-state index is 10.2. The molecule has 0 amide bonds. The summed E-state index contributed by atoms with van der Waals surface area (Å²) in [5.41, 5.74) is 0. The van der Waals surface area contributed by atoms with Gasteiger partial charge < -0.3 is 19.3 Å². The van der Waals surface area contributed by atoms with E-state index in [9.17, 15) is 5.11 Å². The molecule has 0 aromatic carbocycles. The van der Waals surface area contributed by atoms with E-state index in [1.807, 2.05) is 0 Å². The van der Waals surface area contributed by atoms with Crippen molar-refractivity contribution in [1.82, 2.24) is 13.6 Å². The first kappa shape index (κ1) is 16.1. The molecular weight excluding hydrogens is 306 g/mol. The van der Waals surface area contributed by atoms with Gasteiger partial charge in [-0.2, -0.15) is 4.37 Å². The number of aliphatic hydroxyl groups excluding tert-OH is 1. The molecule has 22 heavy (non-hydrogen) atoms. The van der Waals surface area contributed by atoms with Crippen LogP contribution in [0.5, 0.6) is 5.88 Å². The summed E-state index contributed by atoms with van der Waals surface area (Å²) in [6.07, 6.45) is 3.22. The molecule has 2 fully saturated rings. The van der Waals surface area contributed by atoms with Gasteiger partial charge in [-0.1, -0.05) is 0 Å². The van der Waals surface area contributed by atoms with Gasteiger partial charge in [0, 0.05) is 26.3 Å². The summed E-state index contributed by atoms with van der Waals surface area (Å²) in [4.78, 5) is 2.34. The molecule has 1 aromatic heterocycles. The molecule has 0 bridgehead atoms. The standard InChI is InChI=1S/C14H23N3O4S/c18-13(10-21-14-5-15-22-16-14)7-17(12-8-20-9-12)6-11-1-3-19-4-2-11/h5,11-13,18H,1-4,6-10H2. The third kappa shape index (κ3) is 4.60. The highest BCUT2D eigenvalue weighted by molar-refractivity contribution is 6.99. The van der Waals surface area contributed by atoms with Crippen molar-refractivity contribution in [2.45, 2.75) is 25.0 Å². The van der Waals surface area contributed by atoms with Gasteiger partial charge in [-0.25, -0.2) is 0 Å². The van der Waals surface area contributed by atoms with Crippen LogP contribution in [0.15, 0.2) is 6.20 Å². The monoisotopic (exact) mass is 329 g/mol. The molecule has 1 atom stereocenters. The third-order valence-corrected chi connectivity index (χ3v) is 4.64. The van der Waals surface area contributed by atoms with Crippen LogP contribution in [-0.2, 0) is 9.47 Å². The van der Waals surface area contributed by atoms with E-state index < -0.39 is 6.10 Å². The van der Waals surface area contributed by atoms with Gasteiger partial charge in [-0.3, -0.25) is 4.90 Å². The van der Waals surface area contributed by atoms with Crippen LogP contribution in [-0.4, -0.2) is 77.0 Å². The van der Waals surface area contributed by atoms with Gasteiger partial charge in [-0.05, 0) is 18.8 Å². The number of ether oxygens (including phenoxy) is 3. The van der Waals surface area contributed by atoms with E-state index in [0.717, 1.165) is 57.5 Å². The van der Waals surface area contributed by atoms with Gasteiger partial charge in [0.25, 0.3) is 0 Å². The SMILES string of the molecule is OC(COc1cnsn1)CN(CC1CCOCC1)C1COC1. The van der Waals surface area contributed by atoms with Crippen LogP contribution in [0.4, 0.5) is 0 Å². The molecule has 1 N–H and O–H groups in total. The van der Waals surface area contributed by atoms with Crippen molar-refractivity contribution in [3.63, 3.8) is 0 Å². The van der Waals surface area contributed by atoms with E-state index in [1.165, 1.54) is 0 Å². The quantitative estimate of drug-likeness (QED) is 0.740. The zero-order valence-corrected chi connectivity index (χ0v) is 13.4. The minimum atomic E-state index is -0.540. The summed E-state index contributed by atoms with van der Waals surface area (Å²) in [5, 5.41) is 10.2. The highest BCUT2D eigenvalue weighted by Gasteiger charge is 2.30. The van der Waals surface area contributed by atoms with E-state index >= 15 is 0 Å². The van der Waals surface area contributed by atoms with E-state index in [-0.39, 0.29) is 6.61 Å². The van der Waals surface area contributed by atoms with Crippen LogP contribution in [0.1, 0.15) is 12.8 Å². The lowest BCUT2D eigenvalue weighted by Gasteiger charge is -2.40. The average molecular weight is 329 g/mol. The second-order valence-electron chi connectivity index (χ2n) is 5.91. The Morgan fingerprint density at radius 2 is 2.18 bits per heavy atom. The van der Waals surface area contributed by atoms with Gasteiger partial charge in [0.15, 0.2) is 0 Å². The lowest BCUT2D eigenvalue weighted by atomic mass is 9.98. The average Bonchev–Trinajstić information content (AvgIpc) is 2.97. The molecule has 0 spiro atoms. The van der Waals surface area contributed by atoms with Crippen LogP contribution in [0.25, 0.3) is 0 Å². The second kappa shape index (κ2) is 8.16. The molecule has 7 nitrogen and oxygen atoms in total. The summed E-state index contributed by atoms with van der Waals surface area (Å²) in [7, 11) is 0. The smallest absolute Gasteiger partial charge is 0.245 e. The predicted octanol–water partition coefficient (Wildman–Crippen LogP) is 0.405. The first-order valence-electron chi connectivity index (χ1n) is 7.79. The Kier molecular flexibility index (Phi) is 5.96. The lowest BCUT2D eigenvalue weighted by molar-refractivity contribution is -0.0863. The normalized spacial score (nSPS) is 21.7. The van der Waals surface area contributed by atoms with Crippen molar-refractivity contribution in [2.75, 3.05) is 46.1 Å². The number of aromatic nitrogens is 2. The van der Waals surface area contributed by atoms with Gasteiger partial charge >= 0.3 is 0 Å². The van der Waals surface area contributed by atoms with Crippen LogP contribution in [0.3, 0.4) is 0 Å². The Morgan fingerprint density at radius 1 is 1.36 bits per heavy atom. The summed E-state index contributed by atoms with van der Waals surface area (Å²) in [5.74, 6) is 1.12. The molecule has 1 unspecified atom stereocenters. The lowest BCUT2D eigenvalue weighted by Crippen LogP contribution is -2.53. The van der Waals surface area contributed by atoms with E-state index in [1.54, 1.807) is 6.20 Å². The van der Waals surface area contributed by atoms with Gasteiger partial charge in [0.05, 0.1) is 31.0 Å².